The van der Waals surface area contributed by atoms with Crippen molar-refractivity contribution in [3.8, 4) is 0 Å². The van der Waals surface area contributed by atoms with Crippen LogP contribution in [0.3, 0.4) is 0 Å². The van der Waals surface area contributed by atoms with E-state index in [1.165, 1.54) is 0 Å². The van der Waals surface area contributed by atoms with E-state index in [9.17, 15) is 13.2 Å². The number of rotatable bonds is 3. The second-order valence-electron chi connectivity index (χ2n) is 4.61. The Bertz CT molecular complexity index is 391. The molecule has 0 aliphatic heterocycles. The lowest BCUT2D eigenvalue weighted by molar-refractivity contribution is -0.188. The van der Waals surface area contributed by atoms with Gasteiger partial charge < -0.3 is 10.2 Å². The van der Waals surface area contributed by atoms with Crippen molar-refractivity contribution >= 4 is 0 Å². The van der Waals surface area contributed by atoms with Gasteiger partial charge in [0.25, 0.3) is 0 Å². The molecular formula is C11H16F3N3O. The Morgan fingerprint density at radius 3 is 2.61 bits per heavy atom. The van der Waals surface area contributed by atoms with Crippen LogP contribution in [0, 0.1) is 5.92 Å². The van der Waals surface area contributed by atoms with Gasteiger partial charge in [-0.05, 0) is 12.8 Å². The van der Waals surface area contributed by atoms with Gasteiger partial charge in [-0.15, -0.1) is 10.2 Å². The molecule has 0 bridgehead atoms. The summed E-state index contributed by atoms with van der Waals surface area (Å²) in [6.07, 6.45) is -1.84. The van der Waals surface area contributed by atoms with E-state index in [0.29, 0.717) is 31.7 Å². The Labute approximate surface area is 103 Å². The van der Waals surface area contributed by atoms with E-state index in [2.05, 4.69) is 10.2 Å². The molecule has 0 radical (unpaired) electrons. The lowest BCUT2D eigenvalue weighted by Crippen LogP contribution is -2.31. The summed E-state index contributed by atoms with van der Waals surface area (Å²) >= 11 is 0. The number of alkyl halides is 3. The van der Waals surface area contributed by atoms with E-state index in [4.69, 9.17) is 10.2 Å². The highest BCUT2D eigenvalue weighted by atomic mass is 19.4. The molecule has 1 heterocycles. The Morgan fingerprint density at radius 2 is 1.94 bits per heavy atom. The van der Waals surface area contributed by atoms with Crippen LogP contribution in [0.1, 0.15) is 43.4 Å². The van der Waals surface area contributed by atoms with Gasteiger partial charge in [-0.3, -0.25) is 0 Å². The molecule has 18 heavy (non-hydrogen) atoms. The number of nitrogens with two attached hydrogens (primary N) is 1. The molecule has 0 aromatic carbocycles. The maximum atomic E-state index is 12.9. The van der Waals surface area contributed by atoms with Gasteiger partial charge in [0.15, 0.2) is 0 Å². The van der Waals surface area contributed by atoms with Gasteiger partial charge in [0.05, 0.1) is 5.92 Å². The van der Waals surface area contributed by atoms with Gasteiger partial charge in [0.1, 0.15) is 0 Å². The minimum absolute atomic E-state index is 0.112. The van der Waals surface area contributed by atoms with Crippen molar-refractivity contribution in [2.24, 2.45) is 11.7 Å². The molecule has 2 N–H and O–H groups in total. The van der Waals surface area contributed by atoms with Crippen molar-refractivity contribution in [2.45, 2.75) is 44.2 Å². The van der Waals surface area contributed by atoms with Crippen LogP contribution in [0.15, 0.2) is 4.42 Å². The summed E-state index contributed by atoms with van der Waals surface area (Å²) in [4.78, 5) is 0. The third-order valence-corrected chi connectivity index (χ3v) is 3.34. The first-order valence-electron chi connectivity index (χ1n) is 6.11. The number of hydrogen-bond acceptors (Lipinski definition) is 4. The van der Waals surface area contributed by atoms with E-state index >= 15 is 0 Å². The second kappa shape index (κ2) is 5.26. The number of halogens is 3. The van der Waals surface area contributed by atoms with Crippen LogP contribution in [0.25, 0.3) is 0 Å². The van der Waals surface area contributed by atoms with E-state index in [0.717, 1.165) is 6.42 Å². The van der Waals surface area contributed by atoms with Crippen LogP contribution in [0.4, 0.5) is 13.2 Å². The van der Waals surface area contributed by atoms with Crippen LogP contribution in [-0.2, 0) is 6.42 Å². The van der Waals surface area contributed by atoms with Crippen molar-refractivity contribution in [2.75, 3.05) is 6.54 Å². The zero-order valence-electron chi connectivity index (χ0n) is 9.91. The van der Waals surface area contributed by atoms with E-state index in [-0.39, 0.29) is 12.3 Å². The molecule has 1 fully saturated rings. The molecule has 1 saturated carbocycles. The highest BCUT2D eigenvalue weighted by Crippen LogP contribution is 2.45. The molecule has 2 rings (SSSR count). The van der Waals surface area contributed by atoms with Crippen molar-refractivity contribution in [1.29, 1.82) is 0 Å². The Balaban J connectivity index is 2.17. The Kier molecular flexibility index (Phi) is 3.89. The molecule has 1 aromatic heterocycles. The number of aromatic nitrogens is 2. The zero-order chi connectivity index (χ0) is 13.2. The summed E-state index contributed by atoms with van der Waals surface area (Å²) in [6, 6.07) is 0. The molecule has 1 aliphatic rings. The lowest BCUT2D eigenvalue weighted by atomic mass is 9.79. The highest BCUT2D eigenvalue weighted by Gasteiger charge is 2.47. The van der Waals surface area contributed by atoms with Gasteiger partial charge >= 0.3 is 6.18 Å². The van der Waals surface area contributed by atoms with Crippen LogP contribution < -0.4 is 5.73 Å². The second-order valence-corrected chi connectivity index (χ2v) is 4.61. The average Bonchev–Trinajstić information content (AvgIpc) is 2.77. The molecule has 2 atom stereocenters. The SMILES string of the molecule is NCCc1nnc(C2CCCCC2C(F)(F)F)o1. The molecule has 0 amide bonds. The molecule has 0 saturated heterocycles. The van der Waals surface area contributed by atoms with Gasteiger partial charge in [-0.1, -0.05) is 12.8 Å². The fourth-order valence-electron chi connectivity index (χ4n) is 2.46. The van der Waals surface area contributed by atoms with Crippen molar-refractivity contribution < 1.29 is 17.6 Å². The molecule has 2 unspecified atom stereocenters. The maximum Gasteiger partial charge on any atom is 0.392 e. The van der Waals surface area contributed by atoms with E-state index in [1.807, 2.05) is 0 Å². The molecule has 1 aliphatic carbocycles. The minimum Gasteiger partial charge on any atom is -0.425 e. The predicted molar refractivity (Wildman–Crippen MR) is 57.8 cm³/mol. The summed E-state index contributed by atoms with van der Waals surface area (Å²) in [5.74, 6) is -1.63. The van der Waals surface area contributed by atoms with Gasteiger partial charge in [-0.2, -0.15) is 13.2 Å². The monoisotopic (exact) mass is 263 g/mol. The van der Waals surface area contributed by atoms with Crippen molar-refractivity contribution in [3.05, 3.63) is 11.8 Å². The Morgan fingerprint density at radius 1 is 1.22 bits per heavy atom. The molecule has 0 spiro atoms. The summed E-state index contributed by atoms with van der Waals surface area (Å²) in [6.45, 7) is 0.342. The molecule has 4 nitrogen and oxygen atoms in total. The third-order valence-electron chi connectivity index (χ3n) is 3.34. The highest BCUT2D eigenvalue weighted by molar-refractivity contribution is 4.99. The quantitative estimate of drug-likeness (QED) is 0.909. The van der Waals surface area contributed by atoms with Crippen molar-refractivity contribution in [3.63, 3.8) is 0 Å². The lowest BCUT2D eigenvalue weighted by Gasteiger charge is -2.30. The van der Waals surface area contributed by atoms with Gasteiger partial charge in [-0.25, -0.2) is 0 Å². The maximum absolute atomic E-state index is 12.9. The molecule has 1 aromatic rings. The largest absolute Gasteiger partial charge is 0.425 e. The third kappa shape index (κ3) is 2.82. The summed E-state index contributed by atoms with van der Waals surface area (Å²) in [5.41, 5.74) is 5.34. The average molecular weight is 263 g/mol. The van der Waals surface area contributed by atoms with Gasteiger partial charge in [0, 0.05) is 18.9 Å². The molecular weight excluding hydrogens is 247 g/mol. The normalized spacial score (nSPS) is 25.3. The predicted octanol–water partition coefficient (Wildman–Crippen LogP) is 2.41. The first-order valence-corrected chi connectivity index (χ1v) is 6.11. The Hall–Kier alpha value is -1.11. The first kappa shape index (κ1) is 13.3. The van der Waals surface area contributed by atoms with Gasteiger partial charge in [0.2, 0.25) is 11.8 Å². The fourth-order valence-corrected chi connectivity index (χ4v) is 2.46. The smallest absolute Gasteiger partial charge is 0.392 e. The molecule has 7 heteroatoms. The fraction of sp³-hybridized carbons (Fsp3) is 0.818. The zero-order valence-corrected chi connectivity index (χ0v) is 9.91. The topological polar surface area (TPSA) is 64.9 Å². The van der Waals surface area contributed by atoms with Crippen molar-refractivity contribution in [1.82, 2.24) is 10.2 Å². The summed E-state index contributed by atoms with van der Waals surface area (Å²) in [7, 11) is 0. The summed E-state index contributed by atoms with van der Waals surface area (Å²) < 4.78 is 44.1. The van der Waals surface area contributed by atoms with Crippen LogP contribution in [0.5, 0.6) is 0 Å². The molecule has 102 valence electrons. The van der Waals surface area contributed by atoms with Crippen LogP contribution in [0.2, 0.25) is 0 Å². The standard InChI is InChI=1S/C11H16F3N3O/c12-11(13,14)8-4-2-1-3-7(8)10-17-16-9(18-10)5-6-15/h7-8H,1-6,15H2. The summed E-state index contributed by atoms with van der Waals surface area (Å²) in [5, 5.41) is 7.48. The van der Waals surface area contributed by atoms with Crippen LogP contribution >= 0.6 is 0 Å². The number of nitrogens with zero attached hydrogens (tertiary/aromatic N) is 2. The van der Waals surface area contributed by atoms with E-state index < -0.39 is 18.0 Å². The minimum atomic E-state index is -4.20. The number of hydrogen-bond donors (Lipinski definition) is 1. The first-order chi connectivity index (χ1) is 8.52. The van der Waals surface area contributed by atoms with Crippen LogP contribution in [-0.4, -0.2) is 22.9 Å². The van der Waals surface area contributed by atoms with E-state index in [1.54, 1.807) is 0 Å².